The van der Waals surface area contributed by atoms with Crippen LogP contribution in [-0.2, 0) is 6.54 Å². The van der Waals surface area contributed by atoms with Crippen LogP contribution in [0.2, 0.25) is 0 Å². The van der Waals surface area contributed by atoms with E-state index in [-0.39, 0.29) is 29.9 Å². The number of nitrogens with one attached hydrogen (secondary N) is 3. The van der Waals surface area contributed by atoms with Crippen molar-refractivity contribution in [2.24, 2.45) is 4.99 Å². The summed E-state index contributed by atoms with van der Waals surface area (Å²) in [5.41, 5.74) is 1.61. The van der Waals surface area contributed by atoms with Crippen molar-refractivity contribution in [3.8, 4) is 5.75 Å². The summed E-state index contributed by atoms with van der Waals surface area (Å²) in [5.74, 6) is 1.47. The van der Waals surface area contributed by atoms with Gasteiger partial charge in [0.2, 0.25) is 0 Å². The Morgan fingerprint density at radius 3 is 2.56 bits per heavy atom. The number of benzene rings is 2. The van der Waals surface area contributed by atoms with Crippen molar-refractivity contribution in [2.45, 2.75) is 13.5 Å². The fourth-order valence-electron chi connectivity index (χ4n) is 2.32. The van der Waals surface area contributed by atoms with Crippen molar-refractivity contribution >= 4 is 35.8 Å². The summed E-state index contributed by atoms with van der Waals surface area (Å²) in [4.78, 5) is 16.3. The van der Waals surface area contributed by atoms with Crippen molar-refractivity contribution in [2.75, 3.05) is 26.7 Å². The van der Waals surface area contributed by atoms with E-state index >= 15 is 0 Å². The second-order valence-corrected chi connectivity index (χ2v) is 5.56. The van der Waals surface area contributed by atoms with Gasteiger partial charge in [-0.1, -0.05) is 30.3 Å². The number of guanidine groups is 1. The molecule has 0 heterocycles. The number of aliphatic imine (C=N–C) groups is 1. The minimum absolute atomic E-state index is 0. The predicted molar refractivity (Wildman–Crippen MR) is 120 cm³/mol. The molecule has 146 valence electrons. The molecule has 0 aliphatic heterocycles. The van der Waals surface area contributed by atoms with Crippen LogP contribution in [0.25, 0.3) is 0 Å². The van der Waals surface area contributed by atoms with E-state index in [1.807, 2.05) is 55.5 Å². The normalized spacial score (nSPS) is 10.5. The number of carbonyl (C=O) groups excluding carboxylic acids is 1. The van der Waals surface area contributed by atoms with Gasteiger partial charge in [0.05, 0.1) is 13.1 Å². The fourth-order valence-corrected chi connectivity index (χ4v) is 2.32. The van der Waals surface area contributed by atoms with Crippen LogP contribution >= 0.6 is 24.0 Å². The molecule has 0 fully saturated rings. The first-order chi connectivity index (χ1) is 12.7. The fraction of sp³-hybridized carbons (Fsp3) is 0.300. The zero-order chi connectivity index (χ0) is 18.6. The number of rotatable bonds is 8. The first kappa shape index (κ1) is 22.8. The Bertz CT molecular complexity index is 723. The maximum Gasteiger partial charge on any atom is 0.251 e. The summed E-state index contributed by atoms with van der Waals surface area (Å²) < 4.78 is 5.66. The summed E-state index contributed by atoms with van der Waals surface area (Å²) >= 11 is 0. The summed E-state index contributed by atoms with van der Waals surface area (Å²) in [6, 6.07) is 17.2. The number of halogens is 1. The summed E-state index contributed by atoms with van der Waals surface area (Å²) in [7, 11) is 1.62. The number of carbonyl (C=O) groups is 1. The molecule has 2 aromatic carbocycles. The maximum absolute atomic E-state index is 11.7. The summed E-state index contributed by atoms with van der Waals surface area (Å²) in [6.45, 7) is 4.45. The van der Waals surface area contributed by atoms with Gasteiger partial charge in [0.15, 0.2) is 5.96 Å². The lowest BCUT2D eigenvalue weighted by atomic mass is 10.1. The highest BCUT2D eigenvalue weighted by Crippen LogP contribution is 2.08. The molecule has 27 heavy (non-hydrogen) atoms. The zero-order valence-corrected chi connectivity index (χ0v) is 18.0. The highest BCUT2D eigenvalue weighted by molar-refractivity contribution is 14.0. The van der Waals surface area contributed by atoms with Crippen molar-refractivity contribution in [3.05, 3.63) is 65.7 Å². The minimum atomic E-state index is -0.0982. The van der Waals surface area contributed by atoms with Gasteiger partial charge in [0, 0.05) is 19.2 Å². The minimum Gasteiger partial charge on any atom is -0.492 e. The Morgan fingerprint density at radius 2 is 1.85 bits per heavy atom. The third-order valence-corrected chi connectivity index (χ3v) is 3.59. The highest BCUT2D eigenvalue weighted by atomic mass is 127. The second-order valence-electron chi connectivity index (χ2n) is 5.56. The summed E-state index contributed by atoms with van der Waals surface area (Å²) in [6.07, 6.45) is 0. The Balaban J connectivity index is 0.00000364. The largest absolute Gasteiger partial charge is 0.492 e. The van der Waals surface area contributed by atoms with Gasteiger partial charge in [0.1, 0.15) is 12.4 Å². The predicted octanol–water partition coefficient (Wildman–Crippen LogP) is 2.80. The molecule has 0 saturated carbocycles. The van der Waals surface area contributed by atoms with Gasteiger partial charge < -0.3 is 20.7 Å². The molecule has 0 atom stereocenters. The van der Waals surface area contributed by atoms with E-state index in [1.54, 1.807) is 13.1 Å². The van der Waals surface area contributed by atoms with Crippen LogP contribution < -0.4 is 20.7 Å². The Labute approximate surface area is 177 Å². The van der Waals surface area contributed by atoms with Crippen LogP contribution in [0.15, 0.2) is 59.6 Å². The van der Waals surface area contributed by atoms with Gasteiger partial charge >= 0.3 is 0 Å². The molecule has 0 saturated heterocycles. The van der Waals surface area contributed by atoms with E-state index in [4.69, 9.17) is 4.74 Å². The van der Waals surface area contributed by atoms with Crippen molar-refractivity contribution in [1.29, 1.82) is 0 Å². The van der Waals surface area contributed by atoms with Crippen LogP contribution in [-0.4, -0.2) is 38.6 Å². The van der Waals surface area contributed by atoms with Crippen molar-refractivity contribution < 1.29 is 9.53 Å². The van der Waals surface area contributed by atoms with E-state index in [0.29, 0.717) is 25.3 Å². The average Bonchev–Trinajstić information content (AvgIpc) is 2.69. The molecule has 0 unspecified atom stereocenters. The topological polar surface area (TPSA) is 74.8 Å². The Morgan fingerprint density at radius 1 is 1.07 bits per heavy atom. The standard InChI is InChI=1S/C20H26N4O2.HI/c1-3-22-20(23-12-13-26-18-10-5-4-6-11-18)24-15-16-8-7-9-17(14-16)19(25)21-2;/h4-11,14H,3,12-13,15H2,1-2H3,(H,21,25)(H2,22,23,24);1H. The molecular formula is C20H27IN4O2. The molecule has 0 aromatic heterocycles. The van der Waals surface area contributed by atoms with Gasteiger partial charge in [-0.2, -0.15) is 0 Å². The van der Waals surface area contributed by atoms with Gasteiger partial charge in [-0.05, 0) is 36.8 Å². The number of hydrogen-bond donors (Lipinski definition) is 3. The van der Waals surface area contributed by atoms with Gasteiger partial charge in [-0.3, -0.25) is 4.79 Å². The molecule has 0 aliphatic rings. The van der Waals surface area contributed by atoms with E-state index < -0.39 is 0 Å². The van der Waals surface area contributed by atoms with Crippen LogP contribution in [0.1, 0.15) is 22.8 Å². The van der Waals surface area contributed by atoms with Gasteiger partial charge in [-0.15, -0.1) is 24.0 Å². The number of amides is 1. The summed E-state index contributed by atoms with van der Waals surface area (Å²) in [5, 5.41) is 9.08. The van der Waals surface area contributed by atoms with Crippen molar-refractivity contribution in [1.82, 2.24) is 16.0 Å². The van der Waals surface area contributed by atoms with Crippen LogP contribution in [0, 0.1) is 0 Å². The maximum atomic E-state index is 11.7. The number of nitrogens with zero attached hydrogens (tertiary/aromatic N) is 1. The van der Waals surface area contributed by atoms with E-state index in [9.17, 15) is 4.79 Å². The first-order valence-corrected chi connectivity index (χ1v) is 8.74. The second kappa shape index (κ2) is 13.0. The lowest BCUT2D eigenvalue weighted by Crippen LogP contribution is -2.39. The molecule has 0 aliphatic carbocycles. The van der Waals surface area contributed by atoms with Crippen molar-refractivity contribution in [3.63, 3.8) is 0 Å². The van der Waals surface area contributed by atoms with E-state index in [2.05, 4.69) is 20.9 Å². The van der Waals surface area contributed by atoms with Gasteiger partial charge in [-0.25, -0.2) is 4.99 Å². The molecule has 2 rings (SSSR count). The number of para-hydroxylation sites is 1. The highest BCUT2D eigenvalue weighted by Gasteiger charge is 2.04. The van der Waals surface area contributed by atoms with Crippen LogP contribution in [0.4, 0.5) is 0 Å². The lowest BCUT2D eigenvalue weighted by Gasteiger charge is -2.12. The monoisotopic (exact) mass is 482 g/mol. The quantitative estimate of drug-likeness (QED) is 0.234. The van der Waals surface area contributed by atoms with E-state index in [0.717, 1.165) is 23.8 Å². The molecular weight excluding hydrogens is 455 g/mol. The molecule has 0 bridgehead atoms. The molecule has 2 aromatic rings. The Hall–Kier alpha value is -2.29. The van der Waals surface area contributed by atoms with E-state index in [1.165, 1.54) is 0 Å². The number of ether oxygens (including phenoxy) is 1. The molecule has 6 nitrogen and oxygen atoms in total. The molecule has 1 amide bonds. The molecule has 0 spiro atoms. The van der Waals surface area contributed by atoms with Gasteiger partial charge in [0.25, 0.3) is 5.91 Å². The van der Waals surface area contributed by atoms with Crippen LogP contribution in [0.3, 0.4) is 0 Å². The number of hydrogen-bond acceptors (Lipinski definition) is 3. The third kappa shape index (κ3) is 8.29. The average molecular weight is 482 g/mol. The smallest absolute Gasteiger partial charge is 0.251 e. The first-order valence-electron chi connectivity index (χ1n) is 8.74. The van der Waals surface area contributed by atoms with Crippen LogP contribution in [0.5, 0.6) is 5.75 Å². The lowest BCUT2D eigenvalue weighted by molar-refractivity contribution is 0.0963. The molecule has 0 radical (unpaired) electrons. The Kier molecular flexibility index (Phi) is 10.9. The third-order valence-electron chi connectivity index (χ3n) is 3.59. The SMILES string of the molecule is CCNC(=NCc1cccc(C(=O)NC)c1)NCCOc1ccccc1.I. The zero-order valence-electron chi connectivity index (χ0n) is 15.7. The molecule has 3 N–H and O–H groups in total. The molecule has 7 heteroatoms.